The minimum Gasteiger partial charge on any atom is -0.497 e. The third kappa shape index (κ3) is 4.70. The van der Waals surface area contributed by atoms with Gasteiger partial charge in [-0.3, -0.25) is 4.79 Å². The molecule has 0 aliphatic carbocycles. The number of amides is 1. The van der Waals surface area contributed by atoms with E-state index in [1.807, 2.05) is 6.92 Å². The third-order valence-corrected chi connectivity index (χ3v) is 6.31. The van der Waals surface area contributed by atoms with Gasteiger partial charge in [0.15, 0.2) is 0 Å². The molecular weight excluding hydrogens is 328 g/mol. The molecule has 0 radical (unpaired) electrons. The predicted octanol–water partition coefficient (Wildman–Crippen LogP) is 2.02. The molecule has 1 fully saturated rings. The summed E-state index contributed by atoms with van der Waals surface area (Å²) in [6, 6.07) is 6.80. The van der Waals surface area contributed by atoms with E-state index in [1.165, 1.54) is 0 Å². The fraction of sp³-hybridized carbons (Fsp3) is 0.588. The van der Waals surface area contributed by atoms with Crippen LogP contribution in [0.3, 0.4) is 0 Å². The Hall–Kier alpha value is -1.60. The number of carbonyl (C=O) groups is 1. The number of sulfonamides is 1. The number of benzene rings is 1. The van der Waals surface area contributed by atoms with Gasteiger partial charge in [0.25, 0.3) is 5.91 Å². The first kappa shape index (κ1) is 18.7. The van der Waals surface area contributed by atoms with Crippen molar-refractivity contribution in [3.05, 3.63) is 29.8 Å². The molecule has 0 spiro atoms. The van der Waals surface area contributed by atoms with E-state index in [4.69, 9.17) is 4.74 Å². The summed E-state index contributed by atoms with van der Waals surface area (Å²) < 4.78 is 31.7. The van der Waals surface area contributed by atoms with E-state index in [0.717, 1.165) is 25.7 Å². The van der Waals surface area contributed by atoms with E-state index in [2.05, 4.69) is 5.32 Å². The second-order valence-corrected chi connectivity index (χ2v) is 8.01. The molecule has 0 aromatic heterocycles. The third-order valence-electron chi connectivity index (χ3n) is 4.40. The highest BCUT2D eigenvalue weighted by molar-refractivity contribution is 7.89. The number of hydrogen-bond donors (Lipinski definition) is 1. The Kier molecular flexibility index (Phi) is 6.62. The van der Waals surface area contributed by atoms with Gasteiger partial charge in [0, 0.05) is 24.7 Å². The molecule has 1 saturated heterocycles. The summed E-state index contributed by atoms with van der Waals surface area (Å²) in [4.78, 5) is 12.1. The minimum absolute atomic E-state index is 0.0641. The summed E-state index contributed by atoms with van der Waals surface area (Å²) in [7, 11) is -1.77. The first-order valence-corrected chi connectivity index (χ1v) is 10.0. The van der Waals surface area contributed by atoms with Crippen LogP contribution < -0.4 is 10.1 Å². The molecule has 6 nitrogen and oxygen atoms in total. The molecule has 0 bridgehead atoms. The van der Waals surface area contributed by atoms with Gasteiger partial charge in [0.05, 0.1) is 12.9 Å². The summed E-state index contributed by atoms with van der Waals surface area (Å²) >= 11 is 0. The molecule has 0 saturated carbocycles. The Bertz CT molecular complexity index is 643. The van der Waals surface area contributed by atoms with E-state index in [0.29, 0.717) is 17.9 Å². The van der Waals surface area contributed by atoms with Crippen LogP contribution in [-0.4, -0.2) is 50.6 Å². The topological polar surface area (TPSA) is 75.7 Å². The largest absolute Gasteiger partial charge is 0.497 e. The Morgan fingerprint density at radius 3 is 2.62 bits per heavy atom. The average molecular weight is 354 g/mol. The highest BCUT2D eigenvalue weighted by Crippen LogP contribution is 2.22. The molecular formula is C17H26N2O4S. The lowest BCUT2D eigenvalue weighted by atomic mass is 10.0. The number of piperidine rings is 1. The zero-order valence-corrected chi connectivity index (χ0v) is 15.1. The monoisotopic (exact) mass is 354 g/mol. The number of nitrogens with one attached hydrogen (secondary N) is 1. The first-order chi connectivity index (χ1) is 11.5. The fourth-order valence-electron chi connectivity index (χ4n) is 3.00. The maximum absolute atomic E-state index is 12.5. The van der Waals surface area contributed by atoms with Crippen molar-refractivity contribution in [2.24, 2.45) is 0 Å². The van der Waals surface area contributed by atoms with Crippen molar-refractivity contribution in [1.82, 2.24) is 9.62 Å². The number of carbonyl (C=O) groups excluding carboxylic acids is 1. The first-order valence-electron chi connectivity index (χ1n) is 8.39. The highest BCUT2D eigenvalue weighted by Gasteiger charge is 2.30. The summed E-state index contributed by atoms with van der Waals surface area (Å²) in [6.07, 6.45) is 3.75. The molecule has 1 aliphatic rings. The van der Waals surface area contributed by atoms with Crippen molar-refractivity contribution in [2.45, 2.75) is 38.6 Å². The molecule has 1 aromatic carbocycles. The molecule has 24 heavy (non-hydrogen) atoms. The molecule has 1 atom stereocenters. The van der Waals surface area contributed by atoms with Gasteiger partial charge in [0.1, 0.15) is 5.75 Å². The molecule has 1 heterocycles. The van der Waals surface area contributed by atoms with E-state index in [9.17, 15) is 13.2 Å². The van der Waals surface area contributed by atoms with Crippen molar-refractivity contribution in [2.75, 3.05) is 26.0 Å². The van der Waals surface area contributed by atoms with Crippen LogP contribution in [0.1, 0.15) is 43.0 Å². The zero-order chi connectivity index (χ0) is 17.6. The molecule has 1 amide bonds. The summed E-state index contributed by atoms with van der Waals surface area (Å²) in [5.41, 5.74) is 0.484. The SMILES string of the molecule is CC[C@@H]1CCCCN1S(=O)(=O)CCNC(=O)c1ccc(OC)cc1. The second kappa shape index (κ2) is 8.48. The average Bonchev–Trinajstić information content (AvgIpc) is 2.61. The van der Waals surface area contributed by atoms with Crippen LogP contribution in [-0.2, 0) is 10.0 Å². The lowest BCUT2D eigenvalue weighted by molar-refractivity contribution is 0.0956. The van der Waals surface area contributed by atoms with Crippen LogP contribution in [0.4, 0.5) is 0 Å². The summed E-state index contributed by atoms with van der Waals surface area (Å²) in [5.74, 6) is 0.328. The number of rotatable bonds is 7. The van der Waals surface area contributed by atoms with Gasteiger partial charge < -0.3 is 10.1 Å². The van der Waals surface area contributed by atoms with Gasteiger partial charge in [-0.1, -0.05) is 13.3 Å². The van der Waals surface area contributed by atoms with Crippen molar-refractivity contribution in [1.29, 1.82) is 0 Å². The van der Waals surface area contributed by atoms with Crippen molar-refractivity contribution in [3.8, 4) is 5.75 Å². The lowest BCUT2D eigenvalue weighted by Gasteiger charge is -2.34. The Labute approximate surface area is 144 Å². The second-order valence-electron chi connectivity index (χ2n) is 5.97. The van der Waals surface area contributed by atoms with Crippen molar-refractivity contribution >= 4 is 15.9 Å². The molecule has 1 aliphatic heterocycles. The van der Waals surface area contributed by atoms with Crippen LogP contribution in [0.15, 0.2) is 24.3 Å². The van der Waals surface area contributed by atoms with Gasteiger partial charge in [-0.05, 0) is 43.5 Å². The van der Waals surface area contributed by atoms with Crippen LogP contribution in [0.2, 0.25) is 0 Å². The Morgan fingerprint density at radius 2 is 2.00 bits per heavy atom. The highest BCUT2D eigenvalue weighted by atomic mass is 32.2. The maximum atomic E-state index is 12.5. The van der Waals surface area contributed by atoms with Crippen LogP contribution in [0, 0.1) is 0 Å². The van der Waals surface area contributed by atoms with Gasteiger partial charge in [-0.15, -0.1) is 0 Å². The summed E-state index contributed by atoms with van der Waals surface area (Å²) in [6.45, 7) is 2.72. The van der Waals surface area contributed by atoms with E-state index in [-0.39, 0.29) is 24.2 Å². The van der Waals surface area contributed by atoms with Gasteiger partial charge >= 0.3 is 0 Å². The van der Waals surface area contributed by atoms with Crippen LogP contribution in [0.5, 0.6) is 5.75 Å². The lowest BCUT2D eigenvalue weighted by Crippen LogP contribution is -2.46. The van der Waals surface area contributed by atoms with Crippen LogP contribution in [0.25, 0.3) is 0 Å². The molecule has 7 heteroatoms. The number of hydrogen-bond acceptors (Lipinski definition) is 4. The molecule has 0 unspecified atom stereocenters. The number of ether oxygens (including phenoxy) is 1. The Morgan fingerprint density at radius 1 is 1.29 bits per heavy atom. The van der Waals surface area contributed by atoms with E-state index >= 15 is 0 Å². The number of nitrogens with zero attached hydrogens (tertiary/aromatic N) is 1. The minimum atomic E-state index is -3.33. The fourth-order valence-corrected chi connectivity index (χ4v) is 4.71. The molecule has 2 rings (SSSR count). The van der Waals surface area contributed by atoms with Gasteiger partial charge in [0.2, 0.25) is 10.0 Å². The molecule has 1 N–H and O–H groups in total. The predicted molar refractivity (Wildman–Crippen MR) is 93.8 cm³/mol. The standard InChI is InChI=1S/C17H26N2O4S/c1-3-15-6-4-5-12-19(15)24(21,22)13-11-18-17(20)14-7-9-16(23-2)10-8-14/h7-10,15H,3-6,11-13H2,1-2H3,(H,18,20)/t15-/m1/s1. The van der Waals surface area contributed by atoms with Crippen LogP contribution >= 0.6 is 0 Å². The molecule has 134 valence electrons. The molecule has 1 aromatic rings. The maximum Gasteiger partial charge on any atom is 0.251 e. The van der Waals surface area contributed by atoms with Crippen molar-refractivity contribution in [3.63, 3.8) is 0 Å². The normalized spacial score (nSPS) is 19.0. The van der Waals surface area contributed by atoms with Crippen molar-refractivity contribution < 1.29 is 17.9 Å². The summed E-state index contributed by atoms with van der Waals surface area (Å²) in [5, 5.41) is 2.68. The Balaban J connectivity index is 1.88. The quantitative estimate of drug-likeness (QED) is 0.813. The van der Waals surface area contributed by atoms with Gasteiger partial charge in [-0.2, -0.15) is 4.31 Å². The van der Waals surface area contributed by atoms with E-state index < -0.39 is 10.0 Å². The van der Waals surface area contributed by atoms with E-state index in [1.54, 1.807) is 35.7 Å². The number of methoxy groups -OCH3 is 1. The smallest absolute Gasteiger partial charge is 0.251 e. The zero-order valence-electron chi connectivity index (χ0n) is 14.3. The van der Waals surface area contributed by atoms with Gasteiger partial charge in [-0.25, -0.2) is 8.42 Å².